The van der Waals surface area contributed by atoms with Crippen molar-refractivity contribution in [2.75, 3.05) is 48.2 Å². The molecule has 0 radical (unpaired) electrons. The van der Waals surface area contributed by atoms with Gasteiger partial charge in [0.25, 0.3) is 0 Å². The van der Waals surface area contributed by atoms with E-state index in [1.54, 1.807) is 0 Å². The van der Waals surface area contributed by atoms with Gasteiger partial charge in [0.15, 0.2) is 0 Å². The summed E-state index contributed by atoms with van der Waals surface area (Å²) >= 11 is 0. The van der Waals surface area contributed by atoms with Crippen LogP contribution >= 0.6 is 7.26 Å². The zero-order valence-corrected chi connectivity index (χ0v) is 12.2. The molecular weight excluding hydrogens is 209 g/mol. The maximum atomic E-state index is 11.2. The molecule has 4 nitrogen and oxygen atoms in total. The molecule has 0 aromatic carbocycles. The van der Waals surface area contributed by atoms with Crippen LogP contribution in [0.15, 0.2) is 5.18 Å². The summed E-state index contributed by atoms with van der Waals surface area (Å²) in [6.45, 7) is 8.45. The number of hydrogen-bond donors (Lipinski definition) is 0. The first kappa shape index (κ1) is 14.9. The Labute approximate surface area is 94.3 Å². The van der Waals surface area contributed by atoms with Gasteiger partial charge in [-0.2, -0.15) is 0 Å². The Morgan fingerprint density at radius 1 is 1.07 bits per heavy atom. The van der Waals surface area contributed by atoms with Gasteiger partial charge in [-0.15, -0.1) is 4.91 Å². The van der Waals surface area contributed by atoms with E-state index in [1.165, 1.54) is 0 Å². The van der Waals surface area contributed by atoms with Crippen molar-refractivity contribution in [1.29, 1.82) is 0 Å². The van der Waals surface area contributed by atoms with Gasteiger partial charge in [-0.3, -0.25) is 9.80 Å². The van der Waals surface area contributed by atoms with Gasteiger partial charge in [0, 0.05) is 14.2 Å². The summed E-state index contributed by atoms with van der Waals surface area (Å²) in [5.74, 6) is 0. The predicted molar refractivity (Wildman–Crippen MR) is 70.1 cm³/mol. The van der Waals surface area contributed by atoms with Crippen LogP contribution in [0.4, 0.5) is 0 Å². The second kappa shape index (κ2) is 4.86. The minimum Gasteiger partial charge on any atom is -0.289 e. The molecule has 0 aromatic heterocycles. The van der Waals surface area contributed by atoms with Crippen LogP contribution in [0.25, 0.3) is 0 Å². The van der Waals surface area contributed by atoms with Gasteiger partial charge in [0.2, 0.25) is 5.28 Å². The van der Waals surface area contributed by atoms with E-state index in [1.807, 2.05) is 35.1 Å². The average Bonchev–Trinajstić information content (AvgIpc) is 2.00. The number of rotatable bonds is 5. The van der Waals surface area contributed by atoms with Gasteiger partial charge in [0.1, 0.15) is 6.17 Å². The summed E-state index contributed by atoms with van der Waals surface area (Å²) in [4.78, 5) is 15.4. The second-order valence-corrected chi connectivity index (χ2v) is 10.4. The Morgan fingerprint density at radius 2 is 1.40 bits per heavy atom. The van der Waals surface area contributed by atoms with Gasteiger partial charge < -0.3 is 0 Å². The Kier molecular flexibility index (Phi) is 4.84. The topological polar surface area (TPSA) is 35.9 Å². The van der Waals surface area contributed by atoms with Crippen LogP contribution in [0.5, 0.6) is 0 Å². The summed E-state index contributed by atoms with van der Waals surface area (Å²) in [5, 5.41) is 2.92. The molecule has 0 aliphatic carbocycles. The lowest BCUT2D eigenvalue weighted by molar-refractivity contribution is 0.0935. The van der Waals surface area contributed by atoms with Crippen molar-refractivity contribution in [3.05, 3.63) is 4.91 Å². The lowest BCUT2D eigenvalue weighted by Crippen LogP contribution is -2.55. The zero-order valence-electron chi connectivity index (χ0n) is 11.3. The van der Waals surface area contributed by atoms with E-state index in [9.17, 15) is 4.91 Å². The molecule has 1 atom stereocenters. The molecule has 0 aliphatic rings. The van der Waals surface area contributed by atoms with Gasteiger partial charge in [-0.25, -0.2) is 0 Å². The molecule has 0 saturated carbocycles. The van der Waals surface area contributed by atoms with Gasteiger partial charge in [0.05, 0.1) is 20.0 Å². The molecule has 0 aliphatic heterocycles. The van der Waals surface area contributed by atoms with Crippen molar-refractivity contribution in [1.82, 2.24) is 9.80 Å². The highest BCUT2D eigenvalue weighted by Gasteiger charge is 2.54. The molecule has 1 unspecified atom stereocenters. The second-order valence-electron chi connectivity index (χ2n) is 5.50. The highest BCUT2D eigenvalue weighted by molar-refractivity contribution is 7.75. The van der Waals surface area contributed by atoms with E-state index in [2.05, 4.69) is 35.0 Å². The van der Waals surface area contributed by atoms with E-state index in [4.69, 9.17) is 0 Å². The first-order valence-corrected chi connectivity index (χ1v) is 8.20. The standard InChI is InChI=1S/C10H25N3OP/c1-10(11-14,15(6,7)8)9(12(2)3)13(4)5/h9H,1-8H3/q+1. The first-order valence-electron chi connectivity index (χ1n) is 5.07. The Morgan fingerprint density at radius 3 is 1.47 bits per heavy atom. The van der Waals surface area contributed by atoms with Crippen LogP contribution in [-0.4, -0.2) is 69.4 Å². The van der Waals surface area contributed by atoms with Gasteiger partial charge in [-0.05, 0) is 33.4 Å². The third-order valence-corrected chi connectivity index (χ3v) is 6.04. The Balaban J connectivity index is 5.32. The maximum absolute atomic E-state index is 11.2. The number of nitroso groups, excluding NO2 is 1. The smallest absolute Gasteiger partial charge is 0.231 e. The van der Waals surface area contributed by atoms with Crippen molar-refractivity contribution < 1.29 is 0 Å². The molecule has 0 aromatic rings. The first-order chi connectivity index (χ1) is 6.58. The lowest BCUT2D eigenvalue weighted by atomic mass is 10.2. The van der Waals surface area contributed by atoms with Crippen molar-refractivity contribution in [3.63, 3.8) is 0 Å². The van der Waals surface area contributed by atoms with Crippen LogP contribution in [-0.2, 0) is 0 Å². The molecule has 0 rings (SSSR count). The fourth-order valence-corrected chi connectivity index (χ4v) is 3.36. The van der Waals surface area contributed by atoms with Crippen molar-refractivity contribution in [2.24, 2.45) is 5.18 Å². The largest absolute Gasteiger partial charge is 0.289 e. The van der Waals surface area contributed by atoms with Crippen LogP contribution in [0.2, 0.25) is 0 Å². The molecule has 0 heterocycles. The molecule has 0 fully saturated rings. The van der Waals surface area contributed by atoms with Gasteiger partial charge >= 0.3 is 0 Å². The highest BCUT2D eigenvalue weighted by atomic mass is 31.2. The van der Waals surface area contributed by atoms with Crippen LogP contribution < -0.4 is 0 Å². The summed E-state index contributed by atoms with van der Waals surface area (Å²) in [6, 6.07) is 0. The monoisotopic (exact) mass is 234 g/mol. The van der Waals surface area contributed by atoms with Crippen molar-refractivity contribution >= 4 is 7.26 Å². The molecule has 0 saturated heterocycles. The number of hydrogen-bond acceptors (Lipinski definition) is 4. The zero-order chi connectivity index (χ0) is 12.4. The predicted octanol–water partition coefficient (Wildman–Crippen LogP) is 1.83. The normalized spacial score (nSPS) is 17.3. The van der Waals surface area contributed by atoms with Crippen molar-refractivity contribution in [2.45, 2.75) is 18.4 Å². The maximum Gasteiger partial charge on any atom is 0.231 e. The molecule has 0 spiro atoms. The van der Waals surface area contributed by atoms with Crippen LogP contribution in [0, 0.1) is 4.91 Å². The van der Waals surface area contributed by atoms with Crippen LogP contribution in [0.3, 0.4) is 0 Å². The van der Waals surface area contributed by atoms with Crippen molar-refractivity contribution in [3.8, 4) is 0 Å². The fraction of sp³-hybridized carbons (Fsp3) is 1.00. The third kappa shape index (κ3) is 2.96. The van der Waals surface area contributed by atoms with Gasteiger partial charge in [-0.1, -0.05) is 0 Å². The quantitative estimate of drug-likeness (QED) is 0.413. The summed E-state index contributed by atoms with van der Waals surface area (Å²) in [7, 11) is 6.60. The molecule has 90 valence electrons. The summed E-state index contributed by atoms with van der Waals surface area (Å²) in [6.07, 6.45) is 0.0448. The Bertz CT molecular complexity index is 217. The summed E-state index contributed by atoms with van der Waals surface area (Å²) < 4.78 is 0. The minimum atomic E-state index is -1.36. The number of likely N-dealkylation sites (N-methyl/N-ethyl adjacent to an activating group) is 2. The average molecular weight is 234 g/mol. The third-order valence-electron chi connectivity index (χ3n) is 3.01. The van der Waals surface area contributed by atoms with Crippen LogP contribution in [0.1, 0.15) is 6.92 Å². The molecular formula is C10H25N3OP+. The van der Waals surface area contributed by atoms with E-state index in [0.717, 1.165) is 0 Å². The SMILES string of the molecule is CN(C)C(N(C)C)C(C)(N=O)[P+](C)(C)C. The van der Waals surface area contributed by atoms with E-state index >= 15 is 0 Å². The molecule has 5 heteroatoms. The van der Waals surface area contributed by atoms with E-state index in [0.29, 0.717) is 0 Å². The Hall–Kier alpha value is -0.0500. The molecule has 15 heavy (non-hydrogen) atoms. The lowest BCUT2D eigenvalue weighted by Gasteiger charge is -2.42. The van der Waals surface area contributed by atoms with E-state index in [-0.39, 0.29) is 6.17 Å². The highest BCUT2D eigenvalue weighted by Crippen LogP contribution is 2.62. The number of nitrogens with zero attached hydrogens (tertiary/aromatic N) is 3. The molecule has 0 bridgehead atoms. The molecule has 0 amide bonds. The fourth-order valence-electron chi connectivity index (χ4n) is 1.96. The summed E-state index contributed by atoms with van der Waals surface area (Å²) in [5.41, 5.74) is 0. The molecule has 0 N–H and O–H groups in total. The minimum absolute atomic E-state index is 0.0448. The van der Waals surface area contributed by atoms with E-state index < -0.39 is 12.5 Å².